The average Bonchev–Trinajstić information content (AvgIpc) is 3.06. The van der Waals surface area contributed by atoms with Gasteiger partial charge in [0.05, 0.1) is 11.1 Å². The molecule has 0 bridgehead atoms. The lowest BCUT2D eigenvalue weighted by atomic mass is 9.94. The summed E-state index contributed by atoms with van der Waals surface area (Å²) < 4.78 is 13.3. The molecule has 0 unspecified atom stereocenters. The Hall–Kier alpha value is -1.17. The fourth-order valence-electron chi connectivity index (χ4n) is 3.87. The van der Waals surface area contributed by atoms with Crippen molar-refractivity contribution in [3.05, 3.63) is 34.6 Å². The Morgan fingerprint density at radius 3 is 2.67 bits per heavy atom. The molecule has 0 radical (unpaired) electrons. The summed E-state index contributed by atoms with van der Waals surface area (Å²) in [7, 11) is 1.82. The van der Waals surface area contributed by atoms with E-state index in [1.54, 1.807) is 4.90 Å². The van der Waals surface area contributed by atoms with Crippen molar-refractivity contribution in [1.82, 2.24) is 9.80 Å². The van der Waals surface area contributed by atoms with Gasteiger partial charge >= 0.3 is 0 Å². The summed E-state index contributed by atoms with van der Waals surface area (Å²) in [5.74, 6) is -0.166. The van der Waals surface area contributed by atoms with Gasteiger partial charge in [0.15, 0.2) is 0 Å². The Morgan fingerprint density at radius 2 is 2.08 bits per heavy atom. The molecule has 2 aliphatic rings. The molecule has 1 aromatic rings. The standard InChI is InChI=1S/C18H24ClFN2O2/c1-21(18(24)13-6-7-16(20)15(19)8-13)17(12-4-2-3-5-12)11-22-9-14(23)10-22/h6-8,12,14,17,23H,2-5,9-11H2,1H3/t17-/m0/s1. The highest BCUT2D eigenvalue weighted by atomic mass is 35.5. The van der Waals surface area contributed by atoms with Crippen molar-refractivity contribution < 1.29 is 14.3 Å². The Bertz CT molecular complexity index is 601. The van der Waals surface area contributed by atoms with E-state index in [1.807, 2.05) is 7.05 Å². The first-order valence-corrected chi connectivity index (χ1v) is 8.96. The highest BCUT2D eigenvalue weighted by molar-refractivity contribution is 6.31. The number of β-amino-alcohol motifs (C(OH)–C–C–N with tert-alkyl or cyclic N) is 1. The van der Waals surface area contributed by atoms with E-state index in [4.69, 9.17) is 11.6 Å². The zero-order valence-corrected chi connectivity index (χ0v) is 14.7. The number of likely N-dealkylation sites (tertiary alicyclic amines) is 1. The van der Waals surface area contributed by atoms with Gasteiger partial charge in [-0.15, -0.1) is 0 Å². The number of amides is 1. The Kier molecular flexibility index (Phi) is 5.42. The van der Waals surface area contributed by atoms with Crippen LogP contribution in [-0.4, -0.2) is 59.6 Å². The molecular formula is C18H24ClFN2O2. The maximum Gasteiger partial charge on any atom is 0.253 e. The summed E-state index contributed by atoms with van der Waals surface area (Å²) >= 11 is 5.82. The smallest absolute Gasteiger partial charge is 0.253 e. The molecule has 1 atom stereocenters. The molecule has 1 heterocycles. The fraction of sp³-hybridized carbons (Fsp3) is 0.611. The first-order valence-electron chi connectivity index (χ1n) is 8.58. The van der Waals surface area contributed by atoms with Crippen LogP contribution in [-0.2, 0) is 0 Å². The van der Waals surface area contributed by atoms with E-state index in [9.17, 15) is 14.3 Å². The van der Waals surface area contributed by atoms with E-state index < -0.39 is 5.82 Å². The summed E-state index contributed by atoms with van der Waals surface area (Å²) in [5.41, 5.74) is 0.413. The lowest BCUT2D eigenvalue weighted by molar-refractivity contribution is -0.0166. The molecule has 1 aliphatic carbocycles. The van der Waals surface area contributed by atoms with Crippen molar-refractivity contribution >= 4 is 17.5 Å². The number of halogens is 2. The summed E-state index contributed by atoms with van der Waals surface area (Å²) in [5, 5.41) is 9.48. The first-order chi connectivity index (χ1) is 11.5. The normalized spacial score (nSPS) is 20.8. The van der Waals surface area contributed by atoms with E-state index in [-0.39, 0.29) is 23.1 Å². The van der Waals surface area contributed by atoms with Crippen LogP contribution in [0.2, 0.25) is 5.02 Å². The molecule has 1 aromatic carbocycles. The Morgan fingerprint density at radius 1 is 1.42 bits per heavy atom. The summed E-state index contributed by atoms with van der Waals surface area (Å²) in [6, 6.07) is 4.23. The van der Waals surface area contributed by atoms with Gasteiger partial charge in [0, 0.05) is 38.3 Å². The van der Waals surface area contributed by atoms with Gasteiger partial charge < -0.3 is 10.0 Å². The summed E-state index contributed by atoms with van der Waals surface area (Å²) in [6.45, 7) is 2.13. The number of benzene rings is 1. The minimum absolute atomic E-state index is 0.0301. The fourth-order valence-corrected chi connectivity index (χ4v) is 4.05. The molecule has 24 heavy (non-hydrogen) atoms. The van der Waals surface area contributed by atoms with Crippen LogP contribution >= 0.6 is 11.6 Å². The van der Waals surface area contributed by atoms with Gasteiger partial charge in [-0.25, -0.2) is 4.39 Å². The maximum atomic E-state index is 13.3. The van der Waals surface area contributed by atoms with Gasteiger partial charge in [-0.2, -0.15) is 0 Å². The molecule has 1 saturated carbocycles. The Labute approximate surface area is 147 Å². The molecule has 1 amide bonds. The average molecular weight is 355 g/mol. The molecule has 1 N–H and O–H groups in total. The van der Waals surface area contributed by atoms with Crippen molar-refractivity contribution in [2.75, 3.05) is 26.7 Å². The van der Waals surface area contributed by atoms with Crippen LogP contribution in [0, 0.1) is 11.7 Å². The topological polar surface area (TPSA) is 43.8 Å². The minimum Gasteiger partial charge on any atom is -0.390 e. The summed E-state index contributed by atoms with van der Waals surface area (Å²) in [6.07, 6.45) is 4.42. The number of nitrogens with zero attached hydrogens (tertiary/aromatic N) is 2. The van der Waals surface area contributed by atoms with Gasteiger partial charge in [-0.1, -0.05) is 24.4 Å². The number of carbonyl (C=O) groups excluding carboxylic acids is 1. The minimum atomic E-state index is -0.516. The molecule has 0 spiro atoms. The van der Waals surface area contributed by atoms with Crippen LogP contribution in [0.1, 0.15) is 36.0 Å². The van der Waals surface area contributed by atoms with E-state index in [2.05, 4.69) is 4.90 Å². The number of hydrogen-bond acceptors (Lipinski definition) is 3. The first kappa shape index (κ1) is 17.6. The number of likely N-dealkylation sites (N-methyl/N-ethyl adjacent to an activating group) is 1. The van der Waals surface area contributed by atoms with Crippen LogP contribution in [0.25, 0.3) is 0 Å². The van der Waals surface area contributed by atoms with Gasteiger partial charge in [-0.3, -0.25) is 9.69 Å². The van der Waals surface area contributed by atoms with Crippen LogP contribution in [0.15, 0.2) is 18.2 Å². The van der Waals surface area contributed by atoms with E-state index >= 15 is 0 Å². The highest BCUT2D eigenvalue weighted by Crippen LogP contribution is 2.32. The second-order valence-corrected chi connectivity index (χ2v) is 7.44. The van der Waals surface area contributed by atoms with Crippen molar-refractivity contribution in [3.63, 3.8) is 0 Å². The van der Waals surface area contributed by atoms with E-state index in [0.717, 1.165) is 19.4 Å². The number of aliphatic hydroxyl groups excluding tert-OH is 1. The SMILES string of the molecule is CN(C(=O)c1ccc(F)c(Cl)c1)[C@@H](CN1CC(O)C1)C1CCCC1. The lowest BCUT2D eigenvalue weighted by Gasteiger charge is -2.42. The largest absolute Gasteiger partial charge is 0.390 e. The van der Waals surface area contributed by atoms with Crippen LogP contribution in [0.3, 0.4) is 0 Å². The molecule has 0 aromatic heterocycles. The van der Waals surface area contributed by atoms with Gasteiger partial charge in [0.25, 0.3) is 5.91 Å². The van der Waals surface area contributed by atoms with Crippen molar-refractivity contribution in [1.29, 1.82) is 0 Å². The molecule has 3 rings (SSSR count). The second kappa shape index (κ2) is 7.38. The quantitative estimate of drug-likeness (QED) is 0.884. The van der Waals surface area contributed by atoms with Crippen LogP contribution in [0.5, 0.6) is 0 Å². The molecule has 4 nitrogen and oxygen atoms in total. The number of rotatable bonds is 5. The number of carbonyl (C=O) groups is 1. The van der Waals surface area contributed by atoms with Crippen molar-refractivity contribution in [2.45, 2.75) is 37.8 Å². The van der Waals surface area contributed by atoms with Crippen LogP contribution in [0.4, 0.5) is 4.39 Å². The molecule has 1 saturated heterocycles. The predicted molar refractivity (Wildman–Crippen MR) is 91.7 cm³/mol. The maximum absolute atomic E-state index is 13.3. The van der Waals surface area contributed by atoms with Crippen molar-refractivity contribution in [2.24, 2.45) is 5.92 Å². The van der Waals surface area contributed by atoms with Crippen LogP contribution < -0.4 is 0 Å². The second-order valence-electron chi connectivity index (χ2n) is 7.03. The molecule has 6 heteroatoms. The van der Waals surface area contributed by atoms with Gasteiger partial charge in [-0.05, 0) is 37.0 Å². The Balaban J connectivity index is 1.74. The third-order valence-corrected chi connectivity index (χ3v) is 5.60. The third kappa shape index (κ3) is 3.73. The highest BCUT2D eigenvalue weighted by Gasteiger charge is 2.35. The zero-order valence-electron chi connectivity index (χ0n) is 13.9. The van der Waals surface area contributed by atoms with E-state index in [1.165, 1.54) is 31.0 Å². The molecular weight excluding hydrogens is 331 g/mol. The molecule has 2 fully saturated rings. The number of aliphatic hydroxyl groups is 1. The zero-order chi connectivity index (χ0) is 17.3. The monoisotopic (exact) mass is 354 g/mol. The molecule has 132 valence electrons. The molecule has 1 aliphatic heterocycles. The van der Waals surface area contributed by atoms with E-state index in [0.29, 0.717) is 24.6 Å². The lowest BCUT2D eigenvalue weighted by Crippen LogP contribution is -2.57. The van der Waals surface area contributed by atoms with Crippen molar-refractivity contribution in [3.8, 4) is 0 Å². The number of hydrogen-bond donors (Lipinski definition) is 1. The third-order valence-electron chi connectivity index (χ3n) is 5.31. The van der Waals surface area contributed by atoms with Gasteiger partial charge in [0.1, 0.15) is 5.82 Å². The van der Waals surface area contributed by atoms with Gasteiger partial charge in [0.2, 0.25) is 0 Å². The summed E-state index contributed by atoms with van der Waals surface area (Å²) in [4.78, 5) is 16.8. The predicted octanol–water partition coefficient (Wildman–Crippen LogP) is 2.79.